The van der Waals surface area contributed by atoms with Gasteiger partial charge < -0.3 is 19.4 Å². The highest BCUT2D eigenvalue weighted by Gasteiger charge is 2.14. The molecule has 0 spiro atoms. The summed E-state index contributed by atoms with van der Waals surface area (Å²) in [7, 11) is 0. The van der Waals surface area contributed by atoms with E-state index in [0.717, 1.165) is 11.8 Å². The van der Waals surface area contributed by atoms with E-state index in [-0.39, 0.29) is 21.6 Å². The third kappa shape index (κ3) is 4.01. The van der Waals surface area contributed by atoms with Gasteiger partial charge in [0.1, 0.15) is 10.7 Å². The minimum atomic E-state index is -1.13. The lowest BCUT2D eigenvalue weighted by Gasteiger charge is -2.14. The number of carboxylic acid groups (broad SMARTS) is 1. The Balaban J connectivity index is 2.29. The standard InChI is InChI=1S/C14H14N2O5S/c1-3-20-11-6-9(4-5-10(11)17)7-12(13(18)19)22-14-16-15-8(2)21-14/h4-7,17H,3H2,1-2H3,(H,18,19)/p-1/b12-7-. The zero-order valence-corrected chi connectivity index (χ0v) is 12.7. The zero-order chi connectivity index (χ0) is 16.1. The lowest BCUT2D eigenvalue weighted by atomic mass is 10.2. The average molecular weight is 321 g/mol. The van der Waals surface area contributed by atoms with Crippen molar-refractivity contribution in [2.24, 2.45) is 0 Å². The molecule has 2 rings (SSSR count). The van der Waals surface area contributed by atoms with E-state index in [1.807, 2.05) is 0 Å². The Bertz CT molecular complexity index is 711. The molecule has 0 saturated carbocycles. The quantitative estimate of drug-likeness (QED) is 0.636. The number of nitrogens with zero attached hydrogens (tertiary/aromatic N) is 2. The molecule has 2 aromatic rings. The van der Waals surface area contributed by atoms with Crippen molar-refractivity contribution < 1.29 is 24.2 Å². The van der Waals surface area contributed by atoms with Crippen LogP contribution in [0, 0.1) is 6.92 Å². The molecule has 0 atom stereocenters. The van der Waals surface area contributed by atoms with Gasteiger partial charge in [-0.05, 0) is 36.4 Å². The smallest absolute Gasteiger partial charge is 0.342 e. The number of aromatic nitrogens is 2. The molecule has 0 unspecified atom stereocenters. The first-order valence-corrected chi connectivity index (χ1v) is 7.18. The molecule has 0 amide bonds. The first kappa shape index (κ1) is 15.9. The first-order valence-electron chi connectivity index (χ1n) is 6.36. The molecular weight excluding hydrogens is 308 g/mol. The fourth-order valence-electron chi connectivity index (χ4n) is 1.58. The van der Waals surface area contributed by atoms with Gasteiger partial charge in [0.25, 0.3) is 5.22 Å². The highest BCUT2D eigenvalue weighted by atomic mass is 32.2. The van der Waals surface area contributed by atoms with Crippen molar-refractivity contribution in [2.75, 3.05) is 6.61 Å². The second-order valence-electron chi connectivity index (χ2n) is 4.14. The van der Waals surface area contributed by atoms with Crippen LogP contribution in [-0.4, -0.2) is 27.9 Å². The number of carboxylic acids is 1. The molecule has 1 heterocycles. The van der Waals surface area contributed by atoms with Gasteiger partial charge in [0.15, 0.2) is 0 Å². The Kier molecular flexibility index (Phi) is 5.05. The second kappa shape index (κ2) is 6.99. The van der Waals surface area contributed by atoms with Crippen LogP contribution < -0.4 is 9.84 Å². The maximum atomic E-state index is 11.6. The van der Waals surface area contributed by atoms with Crippen molar-refractivity contribution in [2.45, 2.75) is 19.1 Å². The van der Waals surface area contributed by atoms with Crippen molar-refractivity contribution in [3.05, 3.63) is 34.6 Å². The van der Waals surface area contributed by atoms with Crippen molar-refractivity contribution >= 4 is 23.8 Å². The number of carbonyl (C=O) groups is 1. The molecule has 22 heavy (non-hydrogen) atoms. The van der Waals surface area contributed by atoms with E-state index in [1.54, 1.807) is 13.8 Å². The van der Waals surface area contributed by atoms with Gasteiger partial charge in [-0.2, -0.15) is 0 Å². The second-order valence-corrected chi connectivity index (χ2v) is 5.14. The number of thioether (sulfide) groups is 1. The molecule has 0 aliphatic rings. The molecule has 0 fully saturated rings. The fraction of sp³-hybridized carbons (Fsp3) is 0.214. The molecule has 0 aliphatic heterocycles. The lowest BCUT2D eigenvalue weighted by Crippen LogP contribution is -2.00. The minimum absolute atomic E-state index is 0.00949. The number of aliphatic carboxylic acids is 1. The summed E-state index contributed by atoms with van der Waals surface area (Å²) in [5.74, 6) is -0.859. The average Bonchev–Trinajstić information content (AvgIpc) is 2.87. The predicted octanol–water partition coefficient (Wildman–Crippen LogP) is 2.07. The van der Waals surface area contributed by atoms with E-state index in [9.17, 15) is 15.0 Å². The minimum Gasteiger partial charge on any atom is -0.870 e. The van der Waals surface area contributed by atoms with Crippen LogP contribution in [0.25, 0.3) is 6.08 Å². The third-order valence-corrected chi connectivity index (χ3v) is 3.33. The summed E-state index contributed by atoms with van der Waals surface area (Å²) in [6.07, 6.45) is 1.41. The molecule has 116 valence electrons. The molecule has 0 aliphatic carbocycles. The summed E-state index contributed by atoms with van der Waals surface area (Å²) >= 11 is 0.838. The van der Waals surface area contributed by atoms with E-state index in [2.05, 4.69) is 10.2 Å². The van der Waals surface area contributed by atoms with Gasteiger partial charge in [0.05, 0.1) is 6.61 Å². The lowest BCUT2D eigenvalue weighted by molar-refractivity contribution is -0.270. The summed E-state index contributed by atoms with van der Waals surface area (Å²) in [5.41, 5.74) is 0.532. The van der Waals surface area contributed by atoms with Crippen molar-refractivity contribution in [1.82, 2.24) is 10.2 Å². The van der Waals surface area contributed by atoms with Gasteiger partial charge >= 0.3 is 5.97 Å². The highest BCUT2D eigenvalue weighted by Crippen LogP contribution is 2.30. The largest absolute Gasteiger partial charge is 0.870 e. The van der Waals surface area contributed by atoms with Gasteiger partial charge in [0, 0.05) is 6.92 Å². The molecule has 1 aromatic heterocycles. The first-order chi connectivity index (χ1) is 10.5. The molecule has 0 radical (unpaired) electrons. The van der Waals surface area contributed by atoms with Gasteiger partial charge in [0.2, 0.25) is 5.89 Å². The van der Waals surface area contributed by atoms with Crippen molar-refractivity contribution in [3.8, 4) is 11.5 Å². The summed E-state index contributed by atoms with van der Waals surface area (Å²) < 4.78 is 10.3. The Labute approximate surface area is 130 Å². The Hall–Kier alpha value is -2.48. The van der Waals surface area contributed by atoms with Crippen LogP contribution in [0.3, 0.4) is 0 Å². The number of aryl methyl sites for hydroxylation is 1. The fourth-order valence-corrected chi connectivity index (χ4v) is 2.30. The number of ether oxygens (including phenoxy) is 1. The molecule has 0 bridgehead atoms. The van der Waals surface area contributed by atoms with Gasteiger partial charge in [-0.15, -0.1) is 10.2 Å². The van der Waals surface area contributed by atoms with Gasteiger partial charge in [-0.3, -0.25) is 0 Å². The van der Waals surface area contributed by atoms with E-state index < -0.39 is 5.97 Å². The van der Waals surface area contributed by atoms with Crippen LogP contribution in [0.4, 0.5) is 0 Å². The highest BCUT2D eigenvalue weighted by molar-refractivity contribution is 8.03. The Morgan fingerprint density at radius 1 is 1.50 bits per heavy atom. The Morgan fingerprint density at radius 3 is 2.86 bits per heavy atom. The normalized spacial score (nSPS) is 11.5. The summed E-state index contributed by atoms with van der Waals surface area (Å²) in [6, 6.07) is 4.35. The van der Waals surface area contributed by atoms with E-state index >= 15 is 0 Å². The predicted molar refractivity (Wildman–Crippen MR) is 77.6 cm³/mol. The van der Waals surface area contributed by atoms with Crippen LogP contribution >= 0.6 is 11.8 Å². The third-order valence-electron chi connectivity index (χ3n) is 2.48. The van der Waals surface area contributed by atoms with Gasteiger partial charge in [-0.1, -0.05) is 17.9 Å². The van der Waals surface area contributed by atoms with Crippen LogP contribution in [0.15, 0.2) is 32.7 Å². The van der Waals surface area contributed by atoms with Crippen LogP contribution in [0.1, 0.15) is 18.4 Å². The summed E-state index contributed by atoms with van der Waals surface area (Å²) in [6.45, 7) is 3.73. The summed E-state index contributed by atoms with van der Waals surface area (Å²) in [5, 5.41) is 28.3. The number of hydrogen-bond acceptors (Lipinski definition) is 7. The SMILES string of the molecule is CCOc1cc(/C=C(\Sc2nnc(C)o2)C(=O)O)ccc1[O-]. The maximum Gasteiger partial charge on any atom is 0.342 e. The number of hydrogen-bond donors (Lipinski definition) is 1. The van der Waals surface area contributed by atoms with Crippen LogP contribution in [-0.2, 0) is 4.79 Å². The summed E-state index contributed by atoms with van der Waals surface area (Å²) in [4.78, 5) is 11.3. The molecular formula is C14H13N2O5S-. The molecule has 0 saturated heterocycles. The van der Waals surface area contributed by atoms with Crippen LogP contribution in [0.5, 0.6) is 11.5 Å². The molecule has 1 N–H and O–H groups in total. The van der Waals surface area contributed by atoms with E-state index in [4.69, 9.17) is 9.15 Å². The van der Waals surface area contributed by atoms with Gasteiger partial charge in [-0.25, -0.2) is 4.79 Å². The van der Waals surface area contributed by atoms with E-state index in [0.29, 0.717) is 18.1 Å². The molecule has 8 heteroatoms. The van der Waals surface area contributed by atoms with E-state index in [1.165, 1.54) is 24.3 Å². The monoisotopic (exact) mass is 321 g/mol. The van der Waals surface area contributed by atoms with Crippen molar-refractivity contribution in [3.63, 3.8) is 0 Å². The zero-order valence-electron chi connectivity index (χ0n) is 11.9. The number of rotatable bonds is 6. The van der Waals surface area contributed by atoms with Crippen molar-refractivity contribution in [1.29, 1.82) is 0 Å². The van der Waals surface area contributed by atoms with Crippen LogP contribution in [0.2, 0.25) is 0 Å². The molecule has 1 aromatic carbocycles. The molecule has 7 nitrogen and oxygen atoms in total. The topological polar surface area (TPSA) is 109 Å². The number of benzene rings is 1. The Morgan fingerprint density at radius 2 is 2.27 bits per heavy atom. The maximum absolute atomic E-state index is 11.6.